The summed E-state index contributed by atoms with van der Waals surface area (Å²) in [5, 5.41) is 19.0. The molecule has 0 aliphatic carbocycles. The monoisotopic (exact) mass is 1900 g/mol. The number of hydrogen-bond acceptors (Lipinski definition) is 35. The molecule has 15 atom stereocenters. The number of amides is 7. The fraction of sp³-hybridized carbons (Fsp3) is 0.729. The Kier molecular flexibility index (Phi) is 52.5. The van der Waals surface area contributed by atoms with Crippen molar-refractivity contribution >= 4 is 101 Å². The number of rotatable bonds is 61. The Bertz CT molecular complexity index is 3650. The van der Waals surface area contributed by atoms with Crippen LogP contribution in [0.2, 0.25) is 0 Å². The van der Waals surface area contributed by atoms with E-state index < -0.39 is 280 Å². The molecular formula is C85H126F5N7O35. The van der Waals surface area contributed by atoms with Crippen LogP contribution < -0.4 is 42.0 Å². The van der Waals surface area contributed by atoms with E-state index in [2.05, 4.69) is 42.0 Å². The zero-order valence-electron chi connectivity index (χ0n) is 76.4. The highest BCUT2D eigenvalue weighted by Crippen LogP contribution is 2.34. The SMILES string of the molecule is CC(=O)CC[C@H]1O[C@@H](OCCCCCCNC(=O)CCOCC(COCCC(=O)NCCCCCCO[C@@H]2O[C@H](COC(C)=O)[C@H](OC(C)=O)[C@H](OC(C)=O)[C@H]2NC(C)=O)(COCCC(=O)NCCCCCCO[C@@H]2O[C@H](COC(C)=O)[C@H](OC(C)=O)[C@H](OC(C)=O)[C@H]2NC(C)=O)NC(=O)CCCC(=O)Oc2c(F)c(F)c(F)c(F)c2F)[C@H](NC(C)=O)C(OC(C)=O)[C@H]1OC(C)=O. The molecule has 3 heterocycles. The summed E-state index contributed by atoms with van der Waals surface area (Å²) in [6.45, 7) is 11.3. The zero-order chi connectivity index (χ0) is 98.2. The largest absolute Gasteiger partial charge is 0.463 e. The summed E-state index contributed by atoms with van der Waals surface area (Å²) >= 11 is 0. The minimum atomic E-state index is -2.51. The number of carbonyl (C=O) groups excluding carboxylic acids is 17. The average Bonchev–Trinajstić information content (AvgIpc) is 0.791. The van der Waals surface area contributed by atoms with Crippen LogP contribution in [0.5, 0.6) is 5.75 Å². The van der Waals surface area contributed by atoms with E-state index >= 15 is 0 Å². The van der Waals surface area contributed by atoms with Crippen LogP contribution in [0.4, 0.5) is 22.0 Å². The topological polar surface area (TPSA) is 541 Å². The first-order valence-electron chi connectivity index (χ1n) is 43.5. The molecule has 0 aromatic heterocycles. The predicted octanol–water partition coefficient (Wildman–Crippen LogP) is 3.39. The minimum absolute atomic E-state index is 0.0194. The summed E-state index contributed by atoms with van der Waals surface area (Å²) in [5.41, 5.74) is -1.76. The van der Waals surface area contributed by atoms with Gasteiger partial charge in [0.25, 0.3) is 0 Å². The van der Waals surface area contributed by atoms with Crippen molar-refractivity contribution in [3.63, 3.8) is 0 Å². The molecule has 0 saturated carbocycles. The molecule has 0 spiro atoms. The number of nitrogens with one attached hydrogen (secondary N) is 7. The first-order valence-corrected chi connectivity index (χ1v) is 43.5. The highest BCUT2D eigenvalue weighted by Gasteiger charge is 2.55. The van der Waals surface area contributed by atoms with Gasteiger partial charge in [-0.25, -0.2) is 13.2 Å². The van der Waals surface area contributed by atoms with E-state index in [0.717, 1.165) is 55.4 Å². The van der Waals surface area contributed by atoms with Gasteiger partial charge in [-0.2, -0.15) is 8.78 Å². The minimum Gasteiger partial charge on any atom is -0.463 e. The van der Waals surface area contributed by atoms with Crippen LogP contribution in [0.3, 0.4) is 0 Å². The van der Waals surface area contributed by atoms with Crippen LogP contribution in [-0.2, 0) is 162 Å². The van der Waals surface area contributed by atoms with E-state index in [9.17, 15) is 103 Å². The molecule has 1 aromatic carbocycles. The van der Waals surface area contributed by atoms with Gasteiger partial charge >= 0.3 is 53.7 Å². The molecule has 3 aliphatic rings. The molecule has 132 heavy (non-hydrogen) atoms. The van der Waals surface area contributed by atoms with Gasteiger partial charge in [0.05, 0.1) is 39.6 Å². The van der Waals surface area contributed by atoms with Gasteiger partial charge < -0.3 is 127 Å². The van der Waals surface area contributed by atoms with Crippen molar-refractivity contribution in [3.05, 3.63) is 29.1 Å². The second-order valence-electron chi connectivity index (χ2n) is 31.5. The molecule has 7 N–H and O–H groups in total. The first-order chi connectivity index (χ1) is 62.5. The third-order valence-electron chi connectivity index (χ3n) is 19.7. The Labute approximate surface area is 760 Å². The van der Waals surface area contributed by atoms with Gasteiger partial charge in [0.15, 0.2) is 55.5 Å². The lowest BCUT2D eigenvalue weighted by molar-refractivity contribution is -0.277. The van der Waals surface area contributed by atoms with E-state index in [0.29, 0.717) is 77.0 Å². The Balaban J connectivity index is 1.45. The lowest BCUT2D eigenvalue weighted by Crippen LogP contribution is -2.66. The molecule has 746 valence electrons. The number of ether oxygens (including phenoxy) is 18. The van der Waals surface area contributed by atoms with E-state index in [1.807, 2.05) is 0 Å². The fourth-order valence-corrected chi connectivity index (χ4v) is 14.0. The van der Waals surface area contributed by atoms with Crippen molar-refractivity contribution in [3.8, 4) is 5.75 Å². The van der Waals surface area contributed by atoms with Crippen LogP contribution in [0.1, 0.15) is 212 Å². The molecule has 1 aromatic rings. The summed E-state index contributed by atoms with van der Waals surface area (Å²) < 4.78 is 173. The molecule has 4 rings (SSSR count). The van der Waals surface area contributed by atoms with Crippen LogP contribution >= 0.6 is 0 Å². The summed E-state index contributed by atoms with van der Waals surface area (Å²) in [4.78, 5) is 213. The lowest BCUT2D eigenvalue weighted by atomic mass is 9.93. The molecule has 42 nitrogen and oxygen atoms in total. The van der Waals surface area contributed by atoms with Crippen molar-refractivity contribution in [2.24, 2.45) is 0 Å². The molecule has 0 radical (unpaired) electrons. The average molecular weight is 1900 g/mol. The van der Waals surface area contributed by atoms with Crippen LogP contribution in [-0.4, -0.2) is 291 Å². The normalized spacial score (nSPS) is 21.6. The van der Waals surface area contributed by atoms with Crippen molar-refractivity contribution < 1.29 is 189 Å². The zero-order valence-corrected chi connectivity index (χ0v) is 76.4. The number of hydrogen-bond donors (Lipinski definition) is 7. The maximum atomic E-state index is 14.5. The molecular weight excluding hydrogens is 1770 g/mol. The summed E-state index contributed by atoms with van der Waals surface area (Å²) in [5.74, 6) is -25.7. The molecule has 3 fully saturated rings. The number of carbonyl (C=O) groups is 17. The molecule has 3 aliphatic heterocycles. The predicted molar refractivity (Wildman–Crippen MR) is 440 cm³/mol. The van der Waals surface area contributed by atoms with E-state index in [-0.39, 0.29) is 97.2 Å². The molecule has 1 unspecified atom stereocenters. The highest BCUT2D eigenvalue weighted by molar-refractivity contribution is 5.80. The highest BCUT2D eigenvalue weighted by atomic mass is 19.2. The van der Waals surface area contributed by atoms with Gasteiger partial charge in [0.1, 0.15) is 61.0 Å². The standard InChI is InChI=1S/C85H126F5N7O35/c1-47(98)28-29-59-75(123-53(7)104)79(126-56(10)107)72(94-48(2)99)82(129-59)118-36-22-16-13-19-33-91-62(110)30-39-115-44-85(97-65(113)26-25-27-66(114)132-78-70(89)68(87)67(86)69(88)71(78)90,45-116-40-31-63(111)92-34-20-14-17-23-37-119-83-73(95-49(3)100)80(127-57(11)108)76(124-54(8)105)60(130-83)42-121-51(5)102)46-117-41-32-64(112)93-35-21-15-18-24-38-120-84-74(96-50(4)101)81(128-58(12)109)77(125-55(9)106)61(131-84)43-122-52(6)103/h59-61,72-77,79-84H,13-46H2,1-12H3,(H,91,110)(H,92,111)(H,93,112)(H,94,99)(H,95,100)(H,96,101)(H,97,113)/t59-,60-,61-,72-,73-,74-,75+,76+,77+,79?,80-,81-,82-,83-,84-/m1/s1. The summed E-state index contributed by atoms with van der Waals surface area (Å²) in [6, 6.07) is -3.50. The molecule has 0 bridgehead atoms. The number of benzene rings is 1. The smallest absolute Gasteiger partial charge is 0.311 e. The van der Waals surface area contributed by atoms with Crippen LogP contribution in [0, 0.1) is 29.1 Å². The summed E-state index contributed by atoms with van der Waals surface area (Å²) in [7, 11) is 0. The second-order valence-corrected chi connectivity index (χ2v) is 31.5. The fourth-order valence-electron chi connectivity index (χ4n) is 14.0. The maximum absolute atomic E-state index is 14.5. The van der Waals surface area contributed by atoms with Gasteiger partial charge in [0, 0.05) is 154 Å². The van der Waals surface area contributed by atoms with Gasteiger partial charge in [-0.15, -0.1) is 0 Å². The van der Waals surface area contributed by atoms with Gasteiger partial charge in [-0.3, -0.25) is 76.7 Å². The van der Waals surface area contributed by atoms with Crippen molar-refractivity contribution in [2.45, 2.75) is 309 Å². The van der Waals surface area contributed by atoms with Crippen molar-refractivity contribution in [1.29, 1.82) is 0 Å². The number of ketones is 1. The first kappa shape index (κ1) is 114. The van der Waals surface area contributed by atoms with E-state index in [1.165, 1.54) is 27.7 Å². The van der Waals surface area contributed by atoms with E-state index in [4.69, 9.17) is 80.5 Å². The van der Waals surface area contributed by atoms with Crippen LogP contribution in [0.15, 0.2) is 0 Å². The number of esters is 9. The second kappa shape index (κ2) is 60.8. The Hall–Kier alpha value is -10.3. The van der Waals surface area contributed by atoms with Crippen LogP contribution in [0.25, 0.3) is 0 Å². The van der Waals surface area contributed by atoms with Gasteiger partial charge in [-0.1, -0.05) is 38.5 Å². The summed E-state index contributed by atoms with van der Waals surface area (Å²) in [6.07, 6.45) is -11.5. The number of unbranched alkanes of at least 4 members (excludes halogenated alkanes) is 9. The Morgan fingerprint density at radius 2 is 0.621 bits per heavy atom. The third-order valence-corrected chi connectivity index (χ3v) is 19.7. The lowest BCUT2D eigenvalue weighted by Gasteiger charge is -2.45. The molecule has 7 amide bonds. The Morgan fingerprint density at radius 3 is 0.932 bits per heavy atom. The van der Waals surface area contributed by atoms with Crippen molar-refractivity contribution in [2.75, 3.05) is 92.3 Å². The van der Waals surface area contributed by atoms with Crippen molar-refractivity contribution in [1.82, 2.24) is 37.2 Å². The third kappa shape index (κ3) is 43.6. The number of halogens is 5. The number of Topliss-reactive ketones (excluding diaryl/α,β-unsaturated/α-hetero) is 1. The van der Waals surface area contributed by atoms with Gasteiger partial charge in [0.2, 0.25) is 76.2 Å². The Morgan fingerprint density at radius 1 is 0.318 bits per heavy atom. The maximum Gasteiger partial charge on any atom is 0.311 e. The molecule has 3 saturated heterocycles. The van der Waals surface area contributed by atoms with Gasteiger partial charge in [-0.05, 0) is 58.3 Å². The van der Waals surface area contributed by atoms with E-state index in [1.54, 1.807) is 0 Å². The molecule has 47 heteroatoms. The quantitative estimate of drug-likeness (QED) is 0.00934.